The van der Waals surface area contributed by atoms with Gasteiger partial charge in [-0.25, -0.2) is 0 Å². The monoisotopic (exact) mass is 193 g/mol. The first-order valence-electron chi connectivity index (χ1n) is 4.30. The minimum absolute atomic E-state index is 0.0846. The van der Waals surface area contributed by atoms with E-state index in [9.17, 15) is 0 Å². The van der Waals surface area contributed by atoms with Gasteiger partial charge in [0.15, 0.2) is 5.65 Å². The summed E-state index contributed by atoms with van der Waals surface area (Å²) in [6, 6.07) is 3.69. The molecule has 0 saturated heterocycles. The first-order valence-corrected chi connectivity index (χ1v) is 4.30. The second kappa shape index (κ2) is 3.54. The van der Waals surface area contributed by atoms with E-state index in [1.165, 1.54) is 4.63 Å². The Balaban J connectivity index is 2.17. The van der Waals surface area contributed by atoms with Crippen molar-refractivity contribution in [3.8, 4) is 0 Å². The van der Waals surface area contributed by atoms with E-state index in [0.29, 0.717) is 18.0 Å². The van der Waals surface area contributed by atoms with Gasteiger partial charge < -0.3 is 11.1 Å². The Hall–Kier alpha value is -1.76. The molecule has 3 N–H and O–H groups in total. The molecule has 0 aromatic carbocycles. The molecular weight excluding hydrogens is 182 g/mol. The lowest BCUT2D eigenvalue weighted by atomic mass is 10.3. The summed E-state index contributed by atoms with van der Waals surface area (Å²) in [6.07, 6.45) is 0. The lowest BCUT2D eigenvalue weighted by Gasteiger charge is -2.06. The van der Waals surface area contributed by atoms with Crippen molar-refractivity contribution < 1.29 is 0 Å². The highest BCUT2D eigenvalue weighted by molar-refractivity contribution is 5.42. The number of fused-ring (bicyclic) bond motifs is 1. The van der Waals surface area contributed by atoms with Crippen LogP contribution in [0.5, 0.6) is 0 Å². The van der Waals surface area contributed by atoms with Crippen LogP contribution >= 0.6 is 0 Å². The van der Waals surface area contributed by atoms with Gasteiger partial charge in [-0.1, -0.05) is 0 Å². The van der Waals surface area contributed by atoms with Crippen LogP contribution < -0.4 is 11.1 Å². The Bertz CT molecular complexity index is 421. The molecule has 2 aromatic heterocycles. The largest absolute Gasteiger partial charge is 0.367 e. The number of hydrogen-bond donors (Lipinski definition) is 2. The predicted molar refractivity (Wildman–Crippen MR) is 50.7 cm³/mol. The average Bonchev–Trinajstić information content (AvgIpc) is 2.61. The van der Waals surface area contributed by atoms with Crippen LogP contribution in [-0.4, -0.2) is 37.8 Å². The molecule has 0 aliphatic heterocycles. The van der Waals surface area contributed by atoms with E-state index in [0.717, 1.165) is 0 Å². The number of nitrogens with one attached hydrogen (secondary N) is 1. The molecule has 0 aliphatic carbocycles. The molecule has 0 fully saturated rings. The molecule has 7 heteroatoms. The van der Waals surface area contributed by atoms with Crippen LogP contribution in [0, 0.1) is 0 Å². The summed E-state index contributed by atoms with van der Waals surface area (Å²) in [6.45, 7) is 2.59. The lowest BCUT2D eigenvalue weighted by Crippen LogP contribution is -2.25. The Morgan fingerprint density at radius 2 is 2.43 bits per heavy atom. The van der Waals surface area contributed by atoms with Crippen molar-refractivity contribution in [2.75, 3.05) is 11.9 Å². The number of anilines is 1. The molecule has 2 rings (SSSR count). The number of hydrogen-bond acceptors (Lipinski definition) is 6. The number of aromatic nitrogens is 5. The normalized spacial score (nSPS) is 13.0. The van der Waals surface area contributed by atoms with Gasteiger partial charge in [0.1, 0.15) is 5.82 Å². The van der Waals surface area contributed by atoms with E-state index in [1.807, 2.05) is 13.0 Å². The van der Waals surface area contributed by atoms with Crippen LogP contribution in [0.3, 0.4) is 0 Å². The third-order valence-corrected chi connectivity index (χ3v) is 1.67. The van der Waals surface area contributed by atoms with Crippen molar-refractivity contribution in [3.05, 3.63) is 12.1 Å². The van der Waals surface area contributed by atoms with Gasteiger partial charge in [-0.05, 0) is 29.5 Å². The highest BCUT2D eigenvalue weighted by Gasteiger charge is 2.00. The standard InChI is InChI=1S/C7H11N7/c1-5(8)4-9-6-2-3-7-10-12-13-14(7)11-6/h2-3,5H,4,8H2,1H3,(H,9,11). The Morgan fingerprint density at radius 1 is 1.57 bits per heavy atom. The van der Waals surface area contributed by atoms with Crippen molar-refractivity contribution in [3.63, 3.8) is 0 Å². The average molecular weight is 193 g/mol. The SMILES string of the molecule is CC(N)CNc1ccc2nnnn2n1. The molecule has 74 valence electrons. The first-order chi connectivity index (χ1) is 6.75. The van der Waals surface area contributed by atoms with Gasteiger partial charge in [-0.15, -0.1) is 14.8 Å². The minimum atomic E-state index is 0.0846. The number of nitrogens with zero attached hydrogens (tertiary/aromatic N) is 5. The van der Waals surface area contributed by atoms with Gasteiger partial charge in [-0.2, -0.15) is 0 Å². The highest BCUT2D eigenvalue weighted by atomic mass is 15.6. The van der Waals surface area contributed by atoms with Gasteiger partial charge in [0.25, 0.3) is 0 Å². The zero-order valence-corrected chi connectivity index (χ0v) is 7.75. The Labute approximate surface area is 80.3 Å². The first kappa shape index (κ1) is 8.82. The van der Waals surface area contributed by atoms with E-state index in [1.54, 1.807) is 6.07 Å². The second-order valence-corrected chi connectivity index (χ2v) is 3.10. The summed E-state index contributed by atoms with van der Waals surface area (Å²) in [5, 5.41) is 18.1. The number of tetrazole rings is 1. The van der Waals surface area contributed by atoms with E-state index in [-0.39, 0.29) is 6.04 Å². The predicted octanol–water partition coefficient (Wildman–Crippen LogP) is -0.722. The Kier molecular flexibility index (Phi) is 2.23. The van der Waals surface area contributed by atoms with E-state index < -0.39 is 0 Å². The summed E-state index contributed by atoms with van der Waals surface area (Å²) < 4.78 is 1.36. The summed E-state index contributed by atoms with van der Waals surface area (Å²) in [5.74, 6) is 0.710. The van der Waals surface area contributed by atoms with Crippen molar-refractivity contribution in [2.24, 2.45) is 5.73 Å². The molecule has 0 spiro atoms. The molecule has 0 radical (unpaired) electrons. The molecular formula is C7H11N7. The van der Waals surface area contributed by atoms with Gasteiger partial charge >= 0.3 is 0 Å². The van der Waals surface area contributed by atoms with Crippen LogP contribution in [0.1, 0.15) is 6.92 Å². The van der Waals surface area contributed by atoms with Crippen LogP contribution in [0.4, 0.5) is 5.82 Å². The third-order valence-electron chi connectivity index (χ3n) is 1.67. The van der Waals surface area contributed by atoms with Crippen LogP contribution in [0.2, 0.25) is 0 Å². The molecule has 0 amide bonds. The minimum Gasteiger partial charge on any atom is -0.367 e. The maximum atomic E-state index is 5.60. The van der Waals surface area contributed by atoms with Crippen LogP contribution in [0.25, 0.3) is 5.65 Å². The summed E-state index contributed by atoms with van der Waals surface area (Å²) in [5.41, 5.74) is 6.22. The van der Waals surface area contributed by atoms with E-state index in [4.69, 9.17) is 5.73 Å². The molecule has 14 heavy (non-hydrogen) atoms. The van der Waals surface area contributed by atoms with Gasteiger partial charge in [0.2, 0.25) is 0 Å². The Morgan fingerprint density at radius 3 is 3.21 bits per heavy atom. The summed E-state index contributed by atoms with van der Waals surface area (Å²) >= 11 is 0. The van der Waals surface area contributed by atoms with Crippen molar-refractivity contribution in [1.29, 1.82) is 0 Å². The molecule has 0 aliphatic rings. The zero-order chi connectivity index (χ0) is 9.97. The fourth-order valence-corrected chi connectivity index (χ4v) is 1.01. The lowest BCUT2D eigenvalue weighted by molar-refractivity contribution is 0.725. The highest BCUT2D eigenvalue weighted by Crippen LogP contribution is 2.02. The van der Waals surface area contributed by atoms with Crippen molar-refractivity contribution >= 4 is 11.5 Å². The van der Waals surface area contributed by atoms with E-state index >= 15 is 0 Å². The molecule has 0 saturated carbocycles. The zero-order valence-electron chi connectivity index (χ0n) is 7.75. The van der Waals surface area contributed by atoms with E-state index in [2.05, 4.69) is 25.9 Å². The number of rotatable bonds is 3. The molecule has 1 unspecified atom stereocenters. The topological polar surface area (TPSA) is 94.0 Å². The van der Waals surface area contributed by atoms with Crippen molar-refractivity contribution in [2.45, 2.75) is 13.0 Å². The van der Waals surface area contributed by atoms with Crippen LogP contribution in [-0.2, 0) is 0 Å². The quantitative estimate of drug-likeness (QED) is 0.668. The van der Waals surface area contributed by atoms with Crippen LogP contribution in [0.15, 0.2) is 12.1 Å². The van der Waals surface area contributed by atoms with Gasteiger partial charge in [0.05, 0.1) is 0 Å². The smallest absolute Gasteiger partial charge is 0.200 e. The van der Waals surface area contributed by atoms with Gasteiger partial charge in [-0.3, -0.25) is 0 Å². The maximum Gasteiger partial charge on any atom is 0.200 e. The second-order valence-electron chi connectivity index (χ2n) is 3.10. The maximum absolute atomic E-state index is 5.60. The summed E-state index contributed by atoms with van der Waals surface area (Å²) in [4.78, 5) is 0. The third kappa shape index (κ3) is 1.77. The molecule has 7 nitrogen and oxygen atoms in total. The molecule has 2 aromatic rings. The number of nitrogens with two attached hydrogens (primary N) is 1. The molecule has 0 bridgehead atoms. The molecule has 1 atom stereocenters. The molecule has 2 heterocycles. The van der Waals surface area contributed by atoms with Crippen molar-refractivity contribution in [1.82, 2.24) is 25.3 Å². The fraction of sp³-hybridized carbons (Fsp3) is 0.429. The van der Waals surface area contributed by atoms with Gasteiger partial charge in [0, 0.05) is 12.6 Å². The fourth-order valence-electron chi connectivity index (χ4n) is 1.01. The summed E-state index contributed by atoms with van der Waals surface area (Å²) in [7, 11) is 0.